The minimum atomic E-state index is -0.412. The highest BCUT2D eigenvalue weighted by atomic mass is 16.5. The first-order chi connectivity index (χ1) is 14.7. The van der Waals surface area contributed by atoms with Crippen molar-refractivity contribution < 1.29 is 13.9 Å². The van der Waals surface area contributed by atoms with E-state index in [0.29, 0.717) is 17.5 Å². The number of methoxy groups -OCH3 is 1. The number of carbonyl (C=O) groups excluding carboxylic acids is 1. The van der Waals surface area contributed by atoms with Gasteiger partial charge in [-0.1, -0.05) is 30.7 Å². The van der Waals surface area contributed by atoms with E-state index in [2.05, 4.69) is 10.2 Å². The average Bonchev–Trinajstić information content (AvgIpc) is 2.80. The van der Waals surface area contributed by atoms with Crippen LogP contribution in [0.15, 0.2) is 64.0 Å². The number of ether oxygens (including phenoxy) is 1. The van der Waals surface area contributed by atoms with Gasteiger partial charge < -0.3 is 14.5 Å². The number of amides is 1. The molecular weight excluding hydrogens is 380 g/mol. The summed E-state index contributed by atoms with van der Waals surface area (Å²) in [5.41, 5.74) is 1.31. The molecule has 2 heterocycles. The van der Waals surface area contributed by atoms with E-state index in [0.717, 1.165) is 37.2 Å². The Bertz CT molecular complexity index is 1070. The third kappa shape index (κ3) is 4.24. The summed E-state index contributed by atoms with van der Waals surface area (Å²) < 4.78 is 10.8. The summed E-state index contributed by atoms with van der Waals surface area (Å²) in [4.78, 5) is 27.9. The molecule has 30 heavy (non-hydrogen) atoms. The molecule has 1 aliphatic heterocycles. The van der Waals surface area contributed by atoms with Gasteiger partial charge >= 0.3 is 0 Å². The van der Waals surface area contributed by atoms with Crippen LogP contribution in [0.3, 0.4) is 0 Å². The number of para-hydroxylation sites is 1. The first-order valence-corrected chi connectivity index (χ1v) is 10.3. The number of piperidine rings is 1. The maximum atomic E-state index is 12.8. The molecule has 1 aromatic heterocycles. The quantitative estimate of drug-likeness (QED) is 0.675. The first-order valence-electron chi connectivity index (χ1n) is 10.3. The van der Waals surface area contributed by atoms with E-state index in [1.54, 1.807) is 31.4 Å². The summed E-state index contributed by atoms with van der Waals surface area (Å²) in [7, 11) is 1.65. The highest BCUT2D eigenvalue weighted by molar-refractivity contribution is 5.96. The molecule has 1 atom stereocenters. The van der Waals surface area contributed by atoms with E-state index in [-0.39, 0.29) is 17.0 Å². The van der Waals surface area contributed by atoms with Crippen molar-refractivity contribution in [3.05, 3.63) is 76.1 Å². The number of rotatable bonds is 6. The van der Waals surface area contributed by atoms with Crippen LogP contribution in [0.1, 0.15) is 41.2 Å². The molecule has 1 fully saturated rings. The molecule has 0 saturated carbocycles. The number of nitrogens with zero attached hydrogens (tertiary/aromatic N) is 1. The fourth-order valence-corrected chi connectivity index (χ4v) is 4.03. The van der Waals surface area contributed by atoms with Gasteiger partial charge in [-0.3, -0.25) is 14.5 Å². The fourth-order valence-electron chi connectivity index (χ4n) is 4.03. The molecule has 1 amide bonds. The number of benzene rings is 2. The van der Waals surface area contributed by atoms with Gasteiger partial charge in [0, 0.05) is 6.54 Å². The Labute approximate surface area is 175 Å². The molecule has 1 aliphatic rings. The zero-order valence-electron chi connectivity index (χ0n) is 17.1. The van der Waals surface area contributed by atoms with Crippen molar-refractivity contribution in [3.8, 4) is 5.75 Å². The second-order valence-electron chi connectivity index (χ2n) is 7.57. The Morgan fingerprint density at radius 3 is 2.57 bits per heavy atom. The third-order valence-corrected chi connectivity index (χ3v) is 5.71. The van der Waals surface area contributed by atoms with Crippen LogP contribution in [0, 0.1) is 0 Å². The van der Waals surface area contributed by atoms with Crippen LogP contribution in [0.2, 0.25) is 0 Å². The lowest BCUT2D eigenvalue weighted by Gasteiger charge is -2.35. The number of nitrogens with one attached hydrogen (secondary N) is 1. The molecule has 1 saturated heterocycles. The zero-order valence-corrected chi connectivity index (χ0v) is 17.1. The molecule has 6 nitrogen and oxygen atoms in total. The topological polar surface area (TPSA) is 71.8 Å². The summed E-state index contributed by atoms with van der Waals surface area (Å²) >= 11 is 0. The van der Waals surface area contributed by atoms with E-state index in [9.17, 15) is 9.59 Å². The minimum absolute atomic E-state index is 0.0285. The molecule has 1 N–H and O–H groups in total. The monoisotopic (exact) mass is 406 g/mol. The average molecular weight is 406 g/mol. The zero-order chi connectivity index (χ0) is 20.9. The molecule has 0 bridgehead atoms. The molecule has 0 unspecified atom stereocenters. The van der Waals surface area contributed by atoms with Gasteiger partial charge in [0.2, 0.25) is 5.43 Å². The molecule has 3 aromatic rings. The molecule has 4 rings (SSSR count). The van der Waals surface area contributed by atoms with E-state index in [1.165, 1.54) is 12.7 Å². The van der Waals surface area contributed by atoms with Gasteiger partial charge in [0.15, 0.2) is 0 Å². The lowest BCUT2D eigenvalue weighted by Crippen LogP contribution is -2.41. The first kappa shape index (κ1) is 20.2. The summed E-state index contributed by atoms with van der Waals surface area (Å²) in [5, 5.41) is 3.37. The van der Waals surface area contributed by atoms with Crippen LogP contribution in [-0.2, 0) is 0 Å². The Morgan fingerprint density at radius 1 is 1.10 bits per heavy atom. The van der Waals surface area contributed by atoms with Crippen LogP contribution < -0.4 is 15.5 Å². The summed E-state index contributed by atoms with van der Waals surface area (Å²) in [5.74, 6) is 0.388. The highest BCUT2D eigenvalue weighted by Gasteiger charge is 2.24. The van der Waals surface area contributed by atoms with Crippen molar-refractivity contribution in [1.29, 1.82) is 0 Å². The van der Waals surface area contributed by atoms with Gasteiger partial charge in [-0.15, -0.1) is 0 Å². The summed E-state index contributed by atoms with van der Waals surface area (Å²) in [6.07, 6.45) is 4.78. The van der Waals surface area contributed by atoms with E-state index >= 15 is 0 Å². The van der Waals surface area contributed by atoms with Crippen LogP contribution >= 0.6 is 0 Å². The van der Waals surface area contributed by atoms with E-state index in [4.69, 9.17) is 9.15 Å². The van der Waals surface area contributed by atoms with Gasteiger partial charge in [0.05, 0.1) is 18.5 Å². The fraction of sp³-hybridized carbons (Fsp3) is 0.333. The lowest BCUT2D eigenvalue weighted by molar-refractivity contribution is 0.0921. The molecule has 2 aromatic carbocycles. The Kier molecular flexibility index (Phi) is 6.14. The SMILES string of the molecule is COc1ccc([C@@H](CNC(=O)c2coc3ccccc3c2=O)N2CCCCC2)cc1. The second-order valence-corrected chi connectivity index (χ2v) is 7.57. The second kappa shape index (κ2) is 9.13. The molecule has 0 radical (unpaired) electrons. The predicted molar refractivity (Wildman–Crippen MR) is 116 cm³/mol. The maximum Gasteiger partial charge on any atom is 0.258 e. The van der Waals surface area contributed by atoms with Gasteiger partial charge in [0.25, 0.3) is 5.91 Å². The van der Waals surface area contributed by atoms with Crippen molar-refractivity contribution in [2.24, 2.45) is 0 Å². The van der Waals surface area contributed by atoms with Crippen LogP contribution in [0.25, 0.3) is 11.0 Å². The van der Waals surface area contributed by atoms with Gasteiger partial charge in [-0.05, 0) is 55.8 Å². The number of carbonyl (C=O) groups is 1. The van der Waals surface area contributed by atoms with Crippen LogP contribution in [0.5, 0.6) is 5.75 Å². The summed E-state index contributed by atoms with van der Waals surface area (Å²) in [6.45, 7) is 2.40. The Balaban J connectivity index is 1.55. The van der Waals surface area contributed by atoms with Crippen molar-refractivity contribution >= 4 is 16.9 Å². The number of likely N-dealkylation sites (tertiary alicyclic amines) is 1. The number of fused-ring (bicyclic) bond motifs is 1. The maximum absolute atomic E-state index is 12.8. The van der Waals surface area contributed by atoms with E-state index < -0.39 is 5.91 Å². The van der Waals surface area contributed by atoms with E-state index in [1.807, 2.05) is 24.3 Å². The highest BCUT2D eigenvalue weighted by Crippen LogP contribution is 2.26. The molecule has 0 aliphatic carbocycles. The molecule has 6 heteroatoms. The Morgan fingerprint density at radius 2 is 1.83 bits per heavy atom. The predicted octanol–water partition coefficient (Wildman–Crippen LogP) is 3.76. The Hall–Kier alpha value is -3.12. The smallest absolute Gasteiger partial charge is 0.258 e. The van der Waals surface area contributed by atoms with Gasteiger partial charge in [-0.25, -0.2) is 0 Å². The molecular formula is C24H26N2O4. The normalized spacial score (nSPS) is 15.6. The van der Waals surface area contributed by atoms with Crippen LogP contribution in [0.4, 0.5) is 0 Å². The lowest BCUT2D eigenvalue weighted by atomic mass is 10.0. The van der Waals surface area contributed by atoms with Crippen molar-refractivity contribution in [3.63, 3.8) is 0 Å². The number of hydrogen-bond donors (Lipinski definition) is 1. The van der Waals surface area contributed by atoms with Gasteiger partial charge in [0.1, 0.15) is 23.2 Å². The number of hydrogen-bond acceptors (Lipinski definition) is 5. The minimum Gasteiger partial charge on any atom is -0.497 e. The van der Waals surface area contributed by atoms with Crippen molar-refractivity contribution in [2.75, 3.05) is 26.7 Å². The van der Waals surface area contributed by atoms with Crippen molar-refractivity contribution in [1.82, 2.24) is 10.2 Å². The van der Waals surface area contributed by atoms with Gasteiger partial charge in [-0.2, -0.15) is 0 Å². The summed E-state index contributed by atoms with van der Waals surface area (Å²) in [6, 6.07) is 14.9. The van der Waals surface area contributed by atoms with Crippen molar-refractivity contribution in [2.45, 2.75) is 25.3 Å². The largest absolute Gasteiger partial charge is 0.497 e. The third-order valence-electron chi connectivity index (χ3n) is 5.71. The standard InChI is InChI=1S/C24H26N2O4/c1-29-18-11-9-17(10-12-18)21(26-13-5-2-6-14-26)15-25-24(28)20-16-30-22-8-4-3-7-19(22)23(20)27/h3-4,7-12,16,21H,2,5-6,13-15H2,1H3,(H,25,28)/t21-/m1/s1. The molecule has 0 spiro atoms. The van der Waals surface area contributed by atoms with Crippen LogP contribution in [-0.4, -0.2) is 37.6 Å². The molecule has 156 valence electrons.